The number of nitrogens with zero attached hydrogens (tertiary/aromatic N) is 5. The fourth-order valence-electron chi connectivity index (χ4n) is 7.27. The fraction of sp³-hybridized carbons (Fsp3) is 0.0732. The summed E-state index contributed by atoms with van der Waals surface area (Å²) in [6.45, 7) is 4.62. The molecule has 8 aromatic rings. The predicted octanol–water partition coefficient (Wildman–Crippen LogP) is 10.1. The van der Waals surface area contributed by atoms with Gasteiger partial charge in [0.05, 0.1) is 40.0 Å². The number of para-hydroxylation sites is 6. The maximum Gasteiger partial charge on any atom is 0.113 e. The minimum atomic E-state index is -0.121. The molecule has 0 saturated heterocycles. The monoisotopic (exact) mass is 593 g/mol. The highest BCUT2D eigenvalue weighted by Crippen LogP contribution is 2.52. The van der Waals surface area contributed by atoms with Crippen LogP contribution in [0.5, 0.6) is 0 Å². The van der Waals surface area contributed by atoms with Gasteiger partial charge in [0.1, 0.15) is 5.69 Å². The zero-order valence-corrected chi connectivity index (χ0v) is 25.7. The molecule has 0 bridgehead atoms. The molecule has 220 valence electrons. The summed E-state index contributed by atoms with van der Waals surface area (Å²) in [4.78, 5) is 2.37. The Balaban J connectivity index is 1.12. The highest BCUT2D eigenvalue weighted by atomic mass is 15.4. The molecule has 0 aliphatic carbocycles. The molecular formula is C41H31N5. The average molecular weight is 594 g/mol. The van der Waals surface area contributed by atoms with E-state index in [4.69, 9.17) is 0 Å². The molecule has 0 atom stereocenters. The largest absolute Gasteiger partial charge is 0.309 e. The van der Waals surface area contributed by atoms with E-state index < -0.39 is 0 Å². The van der Waals surface area contributed by atoms with Crippen molar-refractivity contribution < 1.29 is 0 Å². The van der Waals surface area contributed by atoms with Crippen molar-refractivity contribution in [3.63, 3.8) is 0 Å². The summed E-state index contributed by atoms with van der Waals surface area (Å²) in [5.41, 5.74) is 12.2. The first-order valence-corrected chi connectivity index (χ1v) is 15.7. The van der Waals surface area contributed by atoms with Crippen molar-refractivity contribution in [2.24, 2.45) is 0 Å². The maximum atomic E-state index is 4.65. The Labute approximate surface area is 267 Å². The van der Waals surface area contributed by atoms with Crippen LogP contribution < -0.4 is 4.90 Å². The second-order valence-corrected chi connectivity index (χ2v) is 12.4. The smallest absolute Gasteiger partial charge is 0.113 e. The fourth-order valence-corrected chi connectivity index (χ4v) is 7.27. The summed E-state index contributed by atoms with van der Waals surface area (Å²) < 4.78 is 4.23. The molecular weight excluding hydrogens is 562 g/mol. The number of rotatable bonds is 4. The number of hydrogen-bond donors (Lipinski definition) is 0. The molecule has 0 radical (unpaired) electrons. The minimum Gasteiger partial charge on any atom is -0.309 e. The second kappa shape index (κ2) is 10.0. The normalized spacial score (nSPS) is 13.6. The highest BCUT2D eigenvalue weighted by Gasteiger charge is 2.37. The first kappa shape index (κ1) is 26.5. The number of anilines is 3. The van der Waals surface area contributed by atoms with Crippen LogP contribution in [0.15, 0.2) is 152 Å². The van der Waals surface area contributed by atoms with Gasteiger partial charge in [-0.05, 0) is 59.7 Å². The number of aromatic nitrogens is 4. The quantitative estimate of drug-likeness (QED) is 0.204. The summed E-state index contributed by atoms with van der Waals surface area (Å²) in [5, 5.41) is 11.8. The van der Waals surface area contributed by atoms with Gasteiger partial charge in [0.25, 0.3) is 0 Å². The van der Waals surface area contributed by atoms with Crippen LogP contribution in [0.25, 0.3) is 44.4 Å². The van der Waals surface area contributed by atoms with E-state index in [-0.39, 0.29) is 5.41 Å². The molecule has 3 heterocycles. The van der Waals surface area contributed by atoms with Gasteiger partial charge in [0, 0.05) is 27.4 Å². The van der Waals surface area contributed by atoms with Crippen molar-refractivity contribution in [1.82, 2.24) is 19.6 Å². The predicted molar refractivity (Wildman–Crippen MR) is 188 cm³/mol. The molecule has 0 N–H and O–H groups in total. The minimum absolute atomic E-state index is 0.121. The van der Waals surface area contributed by atoms with Crippen LogP contribution in [0.1, 0.15) is 25.0 Å². The summed E-state index contributed by atoms with van der Waals surface area (Å²) in [5.74, 6) is 0. The Kier molecular flexibility index (Phi) is 5.78. The van der Waals surface area contributed by atoms with E-state index in [1.165, 1.54) is 44.3 Å². The molecule has 6 aromatic carbocycles. The lowest BCUT2D eigenvalue weighted by molar-refractivity contribution is 0.631. The lowest BCUT2D eigenvalue weighted by atomic mass is 9.73. The zero-order valence-electron chi connectivity index (χ0n) is 25.7. The summed E-state index contributed by atoms with van der Waals surface area (Å²) in [6, 6.07) is 51.7. The second-order valence-electron chi connectivity index (χ2n) is 12.4. The molecule has 0 saturated carbocycles. The van der Waals surface area contributed by atoms with Gasteiger partial charge >= 0.3 is 0 Å². The van der Waals surface area contributed by atoms with E-state index in [2.05, 4.69) is 179 Å². The van der Waals surface area contributed by atoms with E-state index in [9.17, 15) is 0 Å². The van der Waals surface area contributed by atoms with Crippen LogP contribution in [0.4, 0.5) is 17.1 Å². The van der Waals surface area contributed by atoms with Crippen LogP contribution >= 0.6 is 0 Å². The number of fused-ring (bicyclic) bond motifs is 5. The topological polar surface area (TPSA) is 38.9 Å². The van der Waals surface area contributed by atoms with Crippen molar-refractivity contribution in [1.29, 1.82) is 0 Å². The molecule has 2 aromatic heterocycles. The first-order chi connectivity index (χ1) is 22.6. The van der Waals surface area contributed by atoms with Crippen LogP contribution in [0, 0.1) is 0 Å². The number of hydrogen-bond acceptors (Lipinski definition) is 3. The highest BCUT2D eigenvalue weighted by molar-refractivity contribution is 6.09. The Morgan fingerprint density at radius 1 is 0.500 bits per heavy atom. The van der Waals surface area contributed by atoms with Gasteiger partial charge in [-0.3, -0.25) is 0 Å². The van der Waals surface area contributed by atoms with E-state index >= 15 is 0 Å². The Morgan fingerprint density at radius 2 is 1.00 bits per heavy atom. The third-order valence-electron chi connectivity index (χ3n) is 9.50. The van der Waals surface area contributed by atoms with Gasteiger partial charge in [-0.15, -0.1) is 5.10 Å². The van der Waals surface area contributed by atoms with E-state index in [0.29, 0.717) is 0 Å². The molecule has 1 aliphatic rings. The SMILES string of the molecule is CC1(C)c2ccccc2N(c2ccccc2-n2cc(-c3ccc(-n4c5ccccc5c5ccccc54)cc3)nn2)c2ccccc21. The lowest BCUT2D eigenvalue weighted by Crippen LogP contribution is -2.30. The Bertz CT molecular complexity index is 2310. The van der Waals surface area contributed by atoms with Crippen LogP contribution in [0.3, 0.4) is 0 Å². The molecule has 0 amide bonds. The Morgan fingerprint density at radius 3 is 1.61 bits per heavy atom. The van der Waals surface area contributed by atoms with Crippen molar-refractivity contribution in [3.05, 3.63) is 163 Å². The molecule has 46 heavy (non-hydrogen) atoms. The summed E-state index contributed by atoms with van der Waals surface area (Å²) >= 11 is 0. The first-order valence-electron chi connectivity index (χ1n) is 15.7. The van der Waals surface area contributed by atoms with E-state index in [1.807, 2.05) is 10.9 Å². The van der Waals surface area contributed by atoms with Crippen molar-refractivity contribution in [2.75, 3.05) is 4.90 Å². The molecule has 5 nitrogen and oxygen atoms in total. The Hall–Kier alpha value is -5.94. The molecule has 0 spiro atoms. The van der Waals surface area contributed by atoms with Gasteiger partial charge in [0.15, 0.2) is 0 Å². The third kappa shape index (κ3) is 3.88. The van der Waals surface area contributed by atoms with Crippen molar-refractivity contribution >= 4 is 38.9 Å². The van der Waals surface area contributed by atoms with Crippen LogP contribution in [0.2, 0.25) is 0 Å². The van der Waals surface area contributed by atoms with E-state index in [1.54, 1.807) is 0 Å². The summed E-state index contributed by atoms with van der Waals surface area (Å²) in [6.07, 6.45) is 2.03. The van der Waals surface area contributed by atoms with E-state index in [0.717, 1.165) is 28.3 Å². The van der Waals surface area contributed by atoms with Crippen molar-refractivity contribution in [2.45, 2.75) is 19.3 Å². The third-order valence-corrected chi connectivity index (χ3v) is 9.50. The van der Waals surface area contributed by atoms with Crippen LogP contribution in [-0.4, -0.2) is 19.6 Å². The van der Waals surface area contributed by atoms with Gasteiger partial charge in [-0.2, -0.15) is 0 Å². The van der Waals surface area contributed by atoms with Gasteiger partial charge in [-0.1, -0.05) is 116 Å². The molecule has 9 rings (SSSR count). The molecule has 5 heteroatoms. The maximum absolute atomic E-state index is 4.65. The van der Waals surface area contributed by atoms with Crippen molar-refractivity contribution in [3.8, 4) is 22.6 Å². The molecule has 0 fully saturated rings. The zero-order chi connectivity index (χ0) is 30.8. The van der Waals surface area contributed by atoms with Crippen LogP contribution in [-0.2, 0) is 5.41 Å². The molecule has 0 unspecified atom stereocenters. The summed E-state index contributed by atoms with van der Waals surface area (Å²) in [7, 11) is 0. The van der Waals surface area contributed by atoms with Gasteiger partial charge in [0.2, 0.25) is 0 Å². The average Bonchev–Trinajstić information content (AvgIpc) is 3.73. The molecule has 1 aliphatic heterocycles. The lowest BCUT2D eigenvalue weighted by Gasteiger charge is -2.42. The van der Waals surface area contributed by atoms with Gasteiger partial charge in [-0.25, -0.2) is 4.68 Å². The number of benzene rings is 6. The standard InChI is InChI=1S/C41H31N5/c1-41(2)32-15-5-9-19-37(32)46(38-20-10-6-16-33(38)41)40-22-12-11-21-39(40)44-27-34(42-43-44)28-23-25-29(26-24-28)45-35-17-7-3-13-30(35)31-14-4-8-18-36(31)45/h3-27H,1-2H3. The van der Waals surface area contributed by atoms with Gasteiger partial charge < -0.3 is 9.47 Å².